The fraction of sp³-hybridized carbons (Fsp3) is 0.421. The van der Waals surface area contributed by atoms with Crippen LogP contribution in [0.5, 0.6) is 5.75 Å². The molecule has 1 fully saturated rings. The molecule has 3 rings (SSSR count). The van der Waals surface area contributed by atoms with Crippen LogP contribution in [0, 0.1) is 6.92 Å². The van der Waals surface area contributed by atoms with Crippen LogP contribution < -0.4 is 10.1 Å². The number of carbonyl (C=O) groups is 1. The summed E-state index contributed by atoms with van der Waals surface area (Å²) < 4.78 is 33.5. The van der Waals surface area contributed by atoms with Gasteiger partial charge in [0.2, 0.25) is 5.91 Å². The third-order valence-electron chi connectivity index (χ3n) is 4.75. The van der Waals surface area contributed by atoms with E-state index in [1.807, 2.05) is 25.1 Å². The van der Waals surface area contributed by atoms with E-state index in [4.69, 9.17) is 4.74 Å². The lowest BCUT2D eigenvalue weighted by molar-refractivity contribution is -0.124. The molecule has 1 saturated heterocycles. The summed E-state index contributed by atoms with van der Waals surface area (Å²) in [5, 5.41) is 2.90. The van der Waals surface area contributed by atoms with Crippen LogP contribution in [0.1, 0.15) is 24.0 Å². The Labute approximate surface area is 178 Å². The Bertz CT molecular complexity index is 959. The quantitative estimate of drug-likeness (QED) is 0.650. The molecule has 1 amide bonds. The number of halogens is 1. The zero-order valence-electron chi connectivity index (χ0n) is 15.8. The minimum Gasteiger partial charge on any atom is -0.496 e. The maximum atomic E-state index is 12.9. The van der Waals surface area contributed by atoms with Gasteiger partial charge in [0.15, 0.2) is 0 Å². The molecule has 6 nitrogen and oxygen atoms in total. The number of benzene rings is 1. The van der Waals surface area contributed by atoms with E-state index in [-0.39, 0.29) is 10.1 Å². The van der Waals surface area contributed by atoms with Gasteiger partial charge < -0.3 is 10.1 Å². The van der Waals surface area contributed by atoms with Gasteiger partial charge in [0.1, 0.15) is 16.0 Å². The average Bonchev–Trinajstić information content (AvgIpc) is 3.31. The van der Waals surface area contributed by atoms with Crippen LogP contribution in [-0.4, -0.2) is 44.9 Å². The summed E-state index contributed by atoms with van der Waals surface area (Å²) in [7, 11) is -2.04. The highest BCUT2D eigenvalue weighted by Crippen LogP contribution is 2.32. The van der Waals surface area contributed by atoms with Crippen molar-refractivity contribution in [3.8, 4) is 5.75 Å². The van der Waals surface area contributed by atoms with Gasteiger partial charge in [-0.05, 0) is 65.9 Å². The SMILES string of the molecule is COc1ccc(C)cc1CCNC(=O)[C@H]1CCCN1S(=O)(=O)c1ccc(Br)s1. The first kappa shape index (κ1) is 21.3. The van der Waals surface area contributed by atoms with Crippen LogP contribution in [0.15, 0.2) is 38.3 Å². The number of thiophene rings is 1. The average molecular weight is 487 g/mol. The Morgan fingerprint density at radius 2 is 2.14 bits per heavy atom. The van der Waals surface area contributed by atoms with E-state index < -0.39 is 16.1 Å². The monoisotopic (exact) mass is 486 g/mol. The molecule has 0 bridgehead atoms. The molecule has 9 heteroatoms. The van der Waals surface area contributed by atoms with E-state index in [0.717, 1.165) is 32.0 Å². The number of amides is 1. The van der Waals surface area contributed by atoms with E-state index >= 15 is 0 Å². The predicted octanol–water partition coefficient (Wildman–Crippen LogP) is 3.34. The molecule has 1 N–H and O–H groups in total. The fourth-order valence-corrected chi connectivity index (χ4v) is 7.18. The van der Waals surface area contributed by atoms with Crippen molar-refractivity contribution in [2.45, 2.75) is 36.4 Å². The van der Waals surface area contributed by atoms with Crippen molar-refractivity contribution in [3.05, 3.63) is 45.2 Å². The molecule has 0 radical (unpaired) electrons. The predicted molar refractivity (Wildman–Crippen MR) is 113 cm³/mol. The van der Waals surface area contributed by atoms with Gasteiger partial charge in [0, 0.05) is 13.1 Å². The molecule has 1 aliphatic rings. The third kappa shape index (κ3) is 4.59. The first-order chi connectivity index (χ1) is 13.3. The van der Waals surface area contributed by atoms with E-state index in [1.54, 1.807) is 19.2 Å². The summed E-state index contributed by atoms with van der Waals surface area (Å²) >= 11 is 4.45. The molecular weight excluding hydrogens is 464 g/mol. The van der Waals surface area contributed by atoms with Crippen LogP contribution in [0.4, 0.5) is 0 Å². The number of methoxy groups -OCH3 is 1. The number of nitrogens with zero attached hydrogens (tertiary/aromatic N) is 1. The first-order valence-corrected chi connectivity index (χ1v) is 12.1. The summed E-state index contributed by atoms with van der Waals surface area (Å²) in [5.41, 5.74) is 2.14. The first-order valence-electron chi connectivity index (χ1n) is 9.01. The van der Waals surface area contributed by atoms with Gasteiger partial charge in [-0.3, -0.25) is 4.79 Å². The number of carbonyl (C=O) groups excluding carboxylic acids is 1. The maximum absolute atomic E-state index is 12.9. The van der Waals surface area contributed by atoms with Crippen LogP contribution in [0.2, 0.25) is 0 Å². The standard InChI is InChI=1S/C19H23BrN2O4S2/c1-13-5-6-16(26-2)14(12-13)9-10-21-19(23)15-4-3-11-22(15)28(24,25)18-8-7-17(20)27-18/h5-8,12,15H,3-4,9-11H2,1-2H3,(H,21,23)/t15-/m1/s1. The summed E-state index contributed by atoms with van der Waals surface area (Å²) in [6.45, 7) is 2.79. The number of ether oxygens (including phenoxy) is 1. The molecular formula is C19H23BrN2O4S2. The molecule has 0 saturated carbocycles. The lowest BCUT2D eigenvalue weighted by Gasteiger charge is -2.22. The molecule has 0 spiro atoms. The van der Waals surface area contributed by atoms with Gasteiger partial charge in [-0.2, -0.15) is 4.31 Å². The van der Waals surface area contributed by atoms with Gasteiger partial charge >= 0.3 is 0 Å². The lowest BCUT2D eigenvalue weighted by atomic mass is 10.1. The van der Waals surface area contributed by atoms with Gasteiger partial charge in [-0.25, -0.2) is 8.42 Å². The van der Waals surface area contributed by atoms with Crippen molar-refractivity contribution < 1.29 is 17.9 Å². The molecule has 28 heavy (non-hydrogen) atoms. The fourth-order valence-electron chi connectivity index (χ4n) is 3.38. The number of hydrogen-bond donors (Lipinski definition) is 1. The van der Waals surface area contributed by atoms with Crippen molar-refractivity contribution in [3.63, 3.8) is 0 Å². The zero-order chi connectivity index (χ0) is 20.3. The minimum atomic E-state index is -3.66. The van der Waals surface area contributed by atoms with E-state index in [9.17, 15) is 13.2 Å². The number of hydrogen-bond acceptors (Lipinski definition) is 5. The third-order valence-corrected chi connectivity index (χ3v) is 8.75. The number of nitrogens with one attached hydrogen (secondary N) is 1. The van der Waals surface area contributed by atoms with E-state index in [2.05, 4.69) is 21.2 Å². The Balaban J connectivity index is 1.65. The molecule has 1 aromatic carbocycles. The Hall–Kier alpha value is -1.42. The van der Waals surface area contributed by atoms with E-state index in [1.165, 1.54) is 4.31 Å². The van der Waals surface area contributed by atoms with E-state index in [0.29, 0.717) is 32.4 Å². The molecule has 0 aliphatic carbocycles. The highest BCUT2D eigenvalue weighted by Gasteiger charge is 2.39. The van der Waals surface area contributed by atoms with Crippen molar-refractivity contribution in [1.82, 2.24) is 9.62 Å². The Kier molecular flexibility index (Phi) is 6.80. The largest absolute Gasteiger partial charge is 0.496 e. The second kappa shape index (κ2) is 8.94. The molecule has 1 atom stereocenters. The van der Waals surface area contributed by atoms with Crippen LogP contribution in [-0.2, 0) is 21.2 Å². The van der Waals surface area contributed by atoms with Gasteiger partial charge in [0.05, 0.1) is 10.9 Å². The summed E-state index contributed by atoms with van der Waals surface area (Å²) in [6.07, 6.45) is 1.83. The summed E-state index contributed by atoms with van der Waals surface area (Å²) in [6, 6.07) is 8.54. The Morgan fingerprint density at radius 1 is 1.36 bits per heavy atom. The minimum absolute atomic E-state index is 0.247. The number of sulfonamides is 1. The molecule has 1 aliphatic heterocycles. The molecule has 2 heterocycles. The number of aryl methyl sites for hydroxylation is 1. The maximum Gasteiger partial charge on any atom is 0.253 e. The highest BCUT2D eigenvalue weighted by molar-refractivity contribution is 9.11. The normalized spacial score (nSPS) is 17.6. The molecule has 1 aromatic heterocycles. The molecule has 152 valence electrons. The Morgan fingerprint density at radius 3 is 2.82 bits per heavy atom. The topological polar surface area (TPSA) is 75.7 Å². The van der Waals surface area contributed by atoms with Crippen LogP contribution >= 0.6 is 27.3 Å². The molecule has 2 aromatic rings. The van der Waals surface area contributed by atoms with Crippen LogP contribution in [0.25, 0.3) is 0 Å². The van der Waals surface area contributed by atoms with Crippen molar-refractivity contribution >= 4 is 43.2 Å². The van der Waals surface area contributed by atoms with Gasteiger partial charge in [-0.15, -0.1) is 11.3 Å². The lowest BCUT2D eigenvalue weighted by Crippen LogP contribution is -2.46. The summed E-state index contributed by atoms with van der Waals surface area (Å²) in [5.74, 6) is 0.538. The summed E-state index contributed by atoms with van der Waals surface area (Å²) in [4.78, 5) is 12.7. The zero-order valence-corrected chi connectivity index (χ0v) is 19.0. The second-order valence-corrected chi connectivity index (χ2v) is 11.3. The van der Waals surface area contributed by atoms with Gasteiger partial charge in [-0.1, -0.05) is 17.7 Å². The van der Waals surface area contributed by atoms with Crippen molar-refractivity contribution in [1.29, 1.82) is 0 Å². The van der Waals surface area contributed by atoms with Gasteiger partial charge in [0.25, 0.3) is 10.0 Å². The highest BCUT2D eigenvalue weighted by atomic mass is 79.9. The van der Waals surface area contributed by atoms with Crippen molar-refractivity contribution in [2.75, 3.05) is 20.2 Å². The second-order valence-electron chi connectivity index (χ2n) is 6.69. The molecule has 0 unspecified atom stereocenters. The van der Waals surface area contributed by atoms with Crippen LogP contribution in [0.3, 0.4) is 0 Å². The van der Waals surface area contributed by atoms with Crippen molar-refractivity contribution in [2.24, 2.45) is 0 Å². The smallest absolute Gasteiger partial charge is 0.253 e. The number of rotatable bonds is 7.